The summed E-state index contributed by atoms with van der Waals surface area (Å²) in [6, 6.07) is 0. The van der Waals surface area contributed by atoms with Crippen LogP contribution in [0, 0.1) is 11.8 Å². The summed E-state index contributed by atoms with van der Waals surface area (Å²) in [7, 11) is 0. The topological polar surface area (TPSA) is 32.7 Å². The van der Waals surface area contributed by atoms with Crippen LogP contribution in [-0.2, 0) is 4.74 Å². The van der Waals surface area contributed by atoms with Crippen LogP contribution in [0.2, 0.25) is 0 Å². The van der Waals surface area contributed by atoms with Crippen molar-refractivity contribution in [2.45, 2.75) is 58.2 Å². The van der Waals surface area contributed by atoms with Crippen LogP contribution in [0.4, 0.5) is 0 Å². The Bertz CT molecular complexity index is 244. The van der Waals surface area contributed by atoms with Gasteiger partial charge in [0.25, 0.3) is 0 Å². The second-order valence-electron chi connectivity index (χ2n) is 6.42. The van der Waals surface area contributed by atoms with Crippen LogP contribution >= 0.6 is 12.4 Å². The third kappa shape index (κ3) is 5.58. The Kier molecular flexibility index (Phi) is 7.66. The van der Waals surface area contributed by atoms with Crippen molar-refractivity contribution in [1.82, 2.24) is 4.90 Å². The van der Waals surface area contributed by atoms with Crippen LogP contribution in [0.3, 0.4) is 0 Å². The van der Waals surface area contributed by atoms with E-state index in [9.17, 15) is 5.11 Å². The summed E-state index contributed by atoms with van der Waals surface area (Å²) in [6.45, 7) is 8.15. The van der Waals surface area contributed by atoms with Crippen molar-refractivity contribution in [3.05, 3.63) is 0 Å². The molecule has 0 aromatic carbocycles. The van der Waals surface area contributed by atoms with Gasteiger partial charge in [-0.15, -0.1) is 12.4 Å². The molecule has 114 valence electrons. The highest BCUT2D eigenvalue weighted by Crippen LogP contribution is 2.27. The van der Waals surface area contributed by atoms with Crippen molar-refractivity contribution in [1.29, 1.82) is 0 Å². The fourth-order valence-electron chi connectivity index (χ4n) is 3.19. The third-order valence-electron chi connectivity index (χ3n) is 4.63. The second-order valence-corrected chi connectivity index (χ2v) is 6.42. The Balaban J connectivity index is 0.00000180. The molecule has 0 spiro atoms. The van der Waals surface area contributed by atoms with E-state index in [4.69, 9.17) is 4.74 Å². The number of ether oxygens (including phenoxy) is 1. The van der Waals surface area contributed by atoms with Crippen LogP contribution in [0.1, 0.15) is 46.0 Å². The quantitative estimate of drug-likeness (QED) is 0.845. The van der Waals surface area contributed by atoms with Crippen molar-refractivity contribution < 1.29 is 9.84 Å². The summed E-state index contributed by atoms with van der Waals surface area (Å²) in [5.41, 5.74) is 0. The Morgan fingerprint density at radius 2 is 1.84 bits per heavy atom. The van der Waals surface area contributed by atoms with Gasteiger partial charge >= 0.3 is 0 Å². The number of hydrogen-bond acceptors (Lipinski definition) is 3. The van der Waals surface area contributed by atoms with E-state index in [0.29, 0.717) is 18.6 Å². The van der Waals surface area contributed by atoms with E-state index in [2.05, 4.69) is 18.7 Å². The number of rotatable bonds is 5. The van der Waals surface area contributed by atoms with Gasteiger partial charge in [-0.25, -0.2) is 0 Å². The predicted molar refractivity (Wildman–Crippen MR) is 80.8 cm³/mol. The van der Waals surface area contributed by atoms with E-state index in [0.717, 1.165) is 25.6 Å². The molecule has 1 saturated heterocycles. The molecule has 1 heterocycles. The molecule has 1 saturated carbocycles. The normalized spacial score (nSPS) is 31.1. The summed E-state index contributed by atoms with van der Waals surface area (Å²) >= 11 is 0. The lowest BCUT2D eigenvalue weighted by atomic mass is 9.99. The first kappa shape index (κ1) is 17.2. The molecule has 3 nitrogen and oxygen atoms in total. The summed E-state index contributed by atoms with van der Waals surface area (Å²) in [6.07, 6.45) is 6.36. The number of piperidine rings is 1. The van der Waals surface area contributed by atoms with Gasteiger partial charge in [0.2, 0.25) is 0 Å². The Morgan fingerprint density at radius 3 is 2.42 bits per heavy atom. The van der Waals surface area contributed by atoms with E-state index in [1.54, 1.807) is 0 Å². The van der Waals surface area contributed by atoms with Crippen molar-refractivity contribution in [2.24, 2.45) is 11.8 Å². The Labute approximate surface area is 124 Å². The van der Waals surface area contributed by atoms with Gasteiger partial charge in [0.1, 0.15) is 0 Å². The molecular formula is C15H30ClNO2. The molecule has 0 bridgehead atoms. The maximum absolute atomic E-state index is 10.0. The lowest BCUT2D eigenvalue weighted by Gasteiger charge is -2.32. The van der Waals surface area contributed by atoms with Gasteiger partial charge < -0.3 is 14.7 Å². The molecule has 0 radical (unpaired) electrons. The number of hydrogen-bond donors (Lipinski definition) is 1. The van der Waals surface area contributed by atoms with Gasteiger partial charge in [-0.1, -0.05) is 20.3 Å². The number of β-amino-alcohol motifs (C(OH)–C–C–N with tert-alkyl or cyclic N) is 1. The molecule has 2 aliphatic rings. The van der Waals surface area contributed by atoms with E-state index in [1.165, 1.54) is 32.1 Å². The van der Waals surface area contributed by atoms with Gasteiger partial charge in [-0.2, -0.15) is 0 Å². The molecule has 0 aromatic heterocycles. The van der Waals surface area contributed by atoms with E-state index < -0.39 is 0 Å². The predicted octanol–water partition coefficient (Wildman–Crippen LogP) is 2.71. The van der Waals surface area contributed by atoms with Gasteiger partial charge in [0, 0.05) is 6.54 Å². The fraction of sp³-hybridized carbons (Fsp3) is 1.00. The molecule has 0 aromatic rings. The number of aliphatic hydroxyl groups is 1. The highest BCUT2D eigenvalue weighted by molar-refractivity contribution is 5.85. The van der Waals surface area contributed by atoms with Gasteiger partial charge in [0.15, 0.2) is 0 Å². The molecule has 2 fully saturated rings. The molecule has 3 atom stereocenters. The first-order valence-electron chi connectivity index (χ1n) is 7.67. The van der Waals surface area contributed by atoms with Crippen molar-refractivity contribution in [2.75, 3.05) is 26.2 Å². The molecule has 3 unspecified atom stereocenters. The zero-order chi connectivity index (χ0) is 13.0. The molecule has 0 amide bonds. The van der Waals surface area contributed by atoms with Gasteiger partial charge in [0.05, 0.1) is 18.8 Å². The smallest absolute Gasteiger partial charge is 0.0900 e. The first-order chi connectivity index (χ1) is 8.65. The molecule has 1 N–H and O–H groups in total. The maximum atomic E-state index is 10.0. The van der Waals surface area contributed by atoms with Crippen molar-refractivity contribution in [3.63, 3.8) is 0 Å². The largest absolute Gasteiger partial charge is 0.389 e. The second kappa shape index (κ2) is 8.46. The minimum atomic E-state index is -0.314. The zero-order valence-electron chi connectivity index (χ0n) is 12.4. The van der Waals surface area contributed by atoms with E-state index in [1.807, 2.05) is 0 Å². The monoisotopic (exact) mass is 291 g/mol. The summed E-state index contributed by atoms with van der Waals surface area (Å²) in [4.78, 5) is 2.38. The average molecular weight is 292 g/mol. The van der Waals surface area contributed by atoms with Gasteiger partial charge in [-0.05, 0) is 50.6 Å². The zero-order valence-corrected chi connectivity index (χ0v) is 13.2. The lowest BCUT2D eigenvalue weighted by molar-refractivity contribution is -0.0341. The third-order valence-corrected chi connectivity index (χ3v) is 4.63. The fourth-order valence-corrected chi connectivity index (χ4v) is 3.19. The molecular weight excluding hydrogens is 262 g/mol. The van der Waals surface area contributed by atoms with Crippen molar-refractivity contribution >= 4 is 12.4 Å². The van der Waals surface area contributed by atoms with Gasteiger partial charge in [-0.3, -0.25) is 0 Å². The highest BCUT2D eigenvalue weighted by Gasteiger charge is 2.25. The minimum absolute atomic E-state index is 0. The lowest BCUT2D eigenvalue weighted by Crippen LogP contribution is -2.40. The van der Waals surface area contributed by atoms with E-state index in [-0.39, 0.29) is 18.5 Å². The summed E-state index contributed by atoms with van der Waals surface area (Å²) in [5, 5.41) is 10.0. The van der Waals surface area contributed by atoms with Crippen LogP contribution in [0.15, 0.2) is 0 Å². The van der Waals surface area contributed by atoms with E-state index >= 15 is 0 Å². The SMILES string of the molecule is CC1CCN(CC(O)COC2CCCC2C)CC1.Cl. The average Bonchev–Trinajstić information content (AvgIpc) is 2.75. The van der Waals surface area contributed by atoms with Crippen molar-refractivity contribution in [3.8, 4) is 0 Å². The molecule has 19 heavy (non-hydrogen) atoms. The van der Waals surface area contributed by atoms with Crippen LogP contribution in [0.5, 0.6) is 0 Å². The number of nitrogens with zero attached hydrogens (tertiary/aromatic N) is 1. The summed E-state index contributed by atoms with van der Waals surface area (Å²) < 4.78 is 5.86. The maximum Gasteiger partial charge on any atom is 0.0900 e. The minimum Gasteiger partial charge on any atom is -0.389 e. The summed E-state index contributed by atoms with van der Waals surface area (Å²) in [5.74, 6) is 1.53. The number of halogens is 1. The molecule has 1 aliphatic carbocycles. The first-order valence-corrected chi connectivity index (χ1v) is 7.67. The van der Waals surface area contributed by atoms with Crippen LogP contribution in [-0.4, -0.2) is 48.5 Å². The highest BCUT2D eigenvalue weighted by atomic mass is 35.5. The molecule has 1 aliphatic heterocycles. The molecule has 4 heteroatoms. The van der Waals surface area contributed by atoms with Crippen LogP contribution < -0.4 is 0 Å². The van der Waals surface area contributed by atoms with Crippen LogP contribution in [0.25, 0.3) is 0 Å². The Hall–Kier alpha value is 0.170. The number of likely N-dealkylation sites (tertiary alicyclic amines) is 1. The standard InChI is InChI=1S/C15H29NO2.ClH/c1-12-6-8-16(9-7-12)10-14(17)11-18-15-5-3-4-13(15)2;/h12-15,17H,3-11H2,1-2H3;1H. The number of aliphatic hydroxyl groups excluding tert-OH is 1. The Morgan fingerprint density at radius 1 is 1.16 bits per heavy atom. The molecule has 2 rings (SSSR count).